The van der Waals surface area contributed by atoms with Crippen LogP contribution < -0.4 is 4.74 Å². The molecule has 1 aliphatic heterocycles. The zero-order valence-electron chi connectivity index (χ0n) is 16.1. The van der Waals surface area contributed by atoms with Gasteiger partial charge in [0.25, 0.3) is 5.91 Å². The van der Waals surface area contributed by atoms with E-state index in [0.717, 1.165) is 31.2 Å². The van der Waals surface area contributed by atoms with Gasteiger partial charge in [-0.2, -0.15) is 0 Å². The minimum Gasteiger partial charge on any atom is -0.503 e. The van der Waals surface area contributed by atoms with Crippen molar-refractivity contribution in [3.05, 3.63) is 41.2 Å². The summed E-state index contributed by atoms with van der Waals surface area (Å²) < 4.78 is 5.19. The van der Waals surface area contributed by atoms with Crippen LogP contribution in [0, 0.1) is 5.92 Å². The minimum absolute atomic E-state index is 0.186. The van der Waals surface area contributed by atoms with E-state index in [-0.39, 0.29) is 11.4 Å². The largest absolute Gasteiger partial charge is 0.503 e. The molecular formula is C21H29NO4. The molecule has 0 unspecified atom stereocenters. The molecule has 0 saturated heterocycles. The van der Waals surface area contributed by atoms with Crippen molar-refractivity contribution < 1.29 is 19.4 Å². The molecule has 0 fully saturated rings. The molecule has 5 heteroatoms. The first-order valence-corrected chi connectivity index (χ1v) is 9.33. The second kappa shape index (κ2) is 8.88. The number of carbonyl (C=O) groups is 2. The van der Waals surface area contributed by atoms with Gasteiger partial charge in [0.05, 0.1) is 18.7 Å². The number of hydrogen-bond donors (Lipinski definition) is 1. The van der Waals surface area contributed by atoms with Crippen molar-refractivity contribution in [1.29, 1.82) is 0 Å². The number of ether oxygens (including phenoxy) is 1. The van der Waals surface area contributed by atoms with E-state index in [1.54, 1.807) is 24.1 Å². The van der Waals surface area contributed by atoms with Crippen LogP contribution in [-0.2, 0) is 9.59 Å². The van der Waals surface area contributed by atoms with Gasteiger partial charge in [-0.25, -0.2) is 0 Å². The number of aliphatic hydroxyl groups excluding tert-OH is 1. The van der Waals surface area contributed by atoms with Gasteiger partial charge in [0.15, 0.2) is 11.5 Å². The summed E-state index contributed by atoms with van der Waals surface area (Å²) in [4.78, 5) is 26.5. The van der Waals surface area contributed by atoms with Gasteiger partial charge >= 0.3 is 0 Å². The van der Waals surface area contributed by atoms with E-state index in [4.69, 9.17) is 4.74 Å². The number of rotatable bonds is 9. The summed E-state index contributed by atoms with van der Waals surface area (Å²) in [6.45, 7) is 6.19. The first-order chi connectivity index (χ1) is 12.4. The molecule has 2 rings (SSSR count). The maximum atomic E-state index is 12.7. The van der Waals surface area contributed by atoms with E-state index in [1.807, 2.05) is 12.1 Å². The Kier molecular flexibility index (Phi) is 6.83. The number of carbonyl (C=O) groups excluding carboxylic acids is 2. The lowest BCUT2D eigenvalue weighted by molar-refractivity contribution is -0.130. The Morgan fingerprint density at radius 2 is 1.92 bits per heavy atom. The van der Waals surface area contributed by atoms with Crippen molar-refractivity contribution in [3.63, 3.8) is 0 Å². The molecule has 0 aliphatic carbocycles. The van der Waals surface area contributed by atoms with Gasteiger partial charge in [0.2, 0.25) is 0 Å². The first-order valence-electron chi connectivity index (χ1n) is 9.33. The fourth-order valence-corrected chi connectivity index (χ4v) is 3.53. The Labute approximate surface area is 155 Å². The second-order valence-electron chi connectivity index (χ2n) is 6.87. The summed E-state index contributed by atoms with van der Waals surface area (Å²) >= 11 is 0. The molecule has 0 aromatic heterocycles. The highest BCUT2D eigenvalue weighted by Gasteiger charge is 2.42. The van der Waals surface area contributed by atoms with Crippen LogP contribution in [0.5, 0.6) is 5.75 Å². The van der Waals surface area contributed by atoms with Crippen molar-refractivity contribution in [3.8, 4) is 5.75 Å². The maximum absolute atomic E-state index is 12.7. The normalized spacial score (nSPS) is 18.4. The zero-order chi connectivity index (χ0) is 19.3. The molecule has 1 N–H and O–H groups in total. The van der Waals surface area contributed by atoms with E-state index in [1.165, 1.54) is 6.92 Å². The highest BCUT2D eigenvalue weighted by molar-refractivity contribution is 6.08. The Balaban J connectivity index is 2.38. The van der Waals surface area contributed by atoms with Gasteiger partial charge in [0.1, 0.15) is 5.75 Å². The lowest BCUT2D eigenvalue weighted by Crippen LogP contribution is -2.35. The fourth-order valence-electron chi connectivity index (χ4n) is 3.53. The Morgan fingerprint density at radius 1 is 1.27 bits per heavy atom. The number of amides is 1. The quantitative estimate of drug-likeness (QED) is 0.718. The molecule has 1 heterocycles. The second-order valence-corrected chi connectivity index (χ2v) is 6.87. The lowest BCUT2D eigenvalue weighted by Gasteiger charge is -2.30. The molecule has 0 saturated carbocycles. The summed E-state index contributed by atoms with van der Waals surface area (Å²) in [6.07, 6.45) is 4.19. The molecule has 2 atom stereocenters. The number of benzene rings is 1. The summed E-state index contributed by atoms with van der Waals surface area (Å²) in [7, 11) is 1.59. The third-order valence-corrected chi connectivity index (χ3v) is 5.11. The maximum Gasteiger partial charge on any atom is 0.290 e. The van der Waals surface area contributed by atoms with E-state index in [2.05, 4.69) is 13.8 Å². The van der Waals surface area contributed by atoms with Gasteiger partial charge in [-0.05, 0) is 37.0 Å². The number of unbranched alkanes of at least 4 members (excludes halogenated alkanes) is 1. The van der Waals surface area contributed by atoms with Crippen molar-refractivity contribution in [1.82, 2.24) is 4.90 Å². The van der Waals surface area contributed by atoms with E-state index in [9.17, 15) is 14.7 Å². The van der Waals surface area contributed by atoms with Crippen LogP contribution >= 0.6 is 0 Å². The molecular weight excluding hydrogens is 330 g/mol. The Hall–Kier alpha value is -2.30. The SMILES string of the molecule is CCCC[C@@H](CC)CN1C(=O)C(O)=C(C(C)=O)[C@@H]1c1ccc(OC)cc1. The number of aliphatic hydroxyl groups is 1. The minimum atomic E-state index is -0.540. The van der Waals surface area contributed by atoms with E-state index in [0.29, 0.717) is 18.2 Å². The van der Waals surface area contributed by atoms with Crippen LogP contribution in [-0.4, -0.2) is 35.4 Å². The van der Waals surface area contributed by atoms with Crippen LogP contribution in [0.2, 0.25) is 0 Å². The van der Waals surface area contributed by atoms with Crippen LogP contribution in [0.15, 0.2) is 35.6 Å². The van der Waals surface area contributed by atoms with Crippen molar-refractivity contribution >= 4 is 11.7 Å². The van der Waals surface area contributed by atoms with Crippen molar-refractivity contribution in [2.75, 3.05) is 13.7 Å². The third kappa shape index (κ3) is 4.09. The monoisotopic (exact) mass is 359 g/mol. The van der Waals surface area contributed by atoms with Crippen LogP contribution in [0.25, 0.3) is 0 Å². The fraction of sp³-hybridized carbons (Fsp3) is 0.524. The summed E-state index contributed by atoms with van der Waals surface area (Å²) in [5.74, 6) is -0.0919. The molecule has 1 aromatic rings. The Morgan fingerprint density at radius 3 is 2.42 bits per heavy atom. The van der Waals surface area contributed by atoms with Gasteiger partial charge < -0.3 is 14.7 Å². The molecule has 0 bridgehead atoms. The summed E-state index contributed by atoms with van der Waals surface area (Å²) in [5.41, 5.74) is 0.990. The molecule has 0 radical (unpaired) electrons. The molecule has 26 heavy (non-hydrogen) atoms. The first kappa shape index (κ1) is 20.0. The molecule has 1 aromatic carbocycles. The lowest BCUT2D eigenvalue weighted by atomic mass is 9.94. The van der Waals surface area contributed by atoms with Crippen LogP contribution in [0.1, 0.15) is 58.1 Å². The number of methoxy groups -OCH3 is 1. The average molecular weight is 359 g/mol. The van der Waals surface area contributed by atoms with Crippen LogP contribution in [0.4, 0.5) is 0 Å². The number of hydrogen-bond acceptors (Lipinski definition) is 4. The summed E-state index contributed by atoms with van der Waals surface area (Å²) in [6, 6.07) is 6.76. The van der Waals surface area contributed by atoms with Crippen molar-refractivity contribution in [2.45, 2.75) is 52.5 Å². The highest BCUT2D eigenvalue weighted by Crippen LogP contribution is 2.39. The number of nitrogens with zero attached hydrogens (tertiary/aromatic N) is 1. The third-order valence-electron chi connectivity index (χ3n) is 5.11. The van der Waals surface area contributed by atoms with Gasteiger partial charge in [-0.3, -0.25) is 9.59 Å². The summed E-state index contributed by atoms with van der Waals surface area (Å²) in [5, 5.41) is 10.3. The predicted molar refractivity (Wildman–Crippen MR) is 101 cm³/mol. The van der Waals surface area contributed by atoms with Gasteiger partial charge in [-0.15, -0.1) is 0 Å². The van der Waals surface area contributed by atoms with Crippen LogP contribution in [0.3, 0.4) is 0 Å². The molecule has 1 amide bonds. The molecule has 142 valence electrons. The average Bonchev–Trinajstić information content (AvgIpc) is 2.89. The van der Waals surface area contributed by atoms with Gasteiger partial charge in [0, 0.05) is 6.54 Å². The highest BCUT2D eigenvalue weighted by atomic mass is 16.5. The molecule has 0 spiro atoms. The van der Waals surface area contributed by atoms with E-state index >= 15 is 0 Å². The number of ketones is 1. The zero-order valence-corrected chi connectivity index (χ0v) is 16.1. The standard InChI is InChI=1S/C21H29NO4/c1-5-7-8-15(6-2)13-22-19(16-9-11-17(26-4)12-10-16)18(14(3)23)20(24)21(22)25/h9-12,15,19,24H,5-8,13H2,1-4H3/t15-,19+/m1/s1. The van der Waals surface area contributed by atoms with E-state index < -0.39 is 17.7 Å². The molecule has 1 aliphatic rings. The van der Waals surface area contributed by atoms with Crippen molar-refractivity contribution in [2.24, 2.45) is 5.92 Å². The Bertz CT molecular complexity index is 678. The topological polar surface area (TPSA) is 66.8 Å². The number of Topliss-reactive ketones (excluding diaryl/α,β-unsaturated/α-hetero) is 1. The van der Waals surface area contributed by atoms with Gasteiger partial charge in [-0.1, -0.05) is 45.2 Å². The predicted octanol–water partition coefficient (Wildman–Crippen LogP) is 4.20. The smallest absolute Gasteiger partial charge is 0.290 e. The molecule has 5 nitrogen and oxygen atoms in total.